The van der Waals surface area contributed by atoms with Crippen LogP contribution in [0.4, 0.5) is 0 Å². The Morgan fingerprint density at radius 2 is 1.00 bits per heavy atom. The van der Waals surface area contributed by atoms with E-state index in [9.17, 15) is 0 Å². The van der Waals surface area contributed by atoms with Crippen LogP contribution in [0.1, 0.15) is 91.5 Å². The second-order valence-electron chi connectivity index (χ2n) is 15.7. The molecule has 45 heavy (non-hydrogen) atoms. The van der Waals surface area contributed by atoms with Crippen molar-refractivity contribution >= 4 is 24.8 Å². The van der Waals surface area contributed by atoms with Gasteiger partial charge in [-0.3, -0.25) is 6.08 Å². The van der Waals surface area contributed by atoms with Gasteiger partial charge in [-0.15, -0.1) is 39.7 Å². The van der Waals surface area contributed by atoms with Gasteiger partial charge in [-0.1, -0.05) is 116 Å². The fourth-order valence-electron chi connectivity index (χ4n) is 6.03. The number of allylic oxidation sites excluding steroid dienone is 4. The first-order valence-corrected chi connectivity index (χ1v) is 17.5. The minimum atomic E-state index is 0.203. The zero-order chi connectivity index (χ0) is 32.7. The number of fused-ring (bicyclic) bond motifs is 6. The van der Waals surface area contributed by atoms with Gasteiger partial charge in [0, 0.05) is 0 Å². The van der Waals surface area contributed by atoms with E-state index in [4.69, 9.17) is 0 Å². The minimum absolute atomic E-state index is 0.203. The van der Waals surface area contributed by atoms with E-state index in [-0.39, 0.29) is 10.8 Å². The van der Waals surface area contributed by atoms with Crippen LogP contribution in [0.5, 0.6) is 0 Å². The van der Waals surface area contributed by atoms with Crippen LogP contribution < -0.4 is 0 Å². The second kappa shape index (κ2) is 12.6. The summed E-state index contributed by atoms with van der Waals surface area (Å²) >= 11 is 1.50. The van der Waals surface area contributed by atoms with E-state index in [1.165, 1.54) is 87.9 Å². The van der Waals surface area contributed by atoms with Crippen molar-refractivity contribution in [1.29, 1.82) is 0 Å². The van der Waals surface area contributed by atoms with Gasteiger partial charge in [0.1, 0.15) is 0 Å². The monoisotopic (exact) mass is 666 g/mol. The van der Waals surface area contributed by atoms with Crippen molar-refractivity contribution < 1.29 is 24.2 Å². The van der Waals surface area contributed by atoms with E-state index in [1.807, 2.05) is 0 Å². The first-order valence-electron chi connectivity index (χ1n) is 16.3. The van der Waals surface area contributed by atoms with Crippen LogP contribution in [0.25, 0.3) is 32.7 Å². The maximum absolute atomic E-state index is 3.26. The SMILES string of the molecule is CC(C)(C)c1ccc2c(c1)[cH-]c1cc(C(C)(C)C)ccc12.CC1[C-]=CC(C(C)(C)C)=C1.[Zr+2]=[C]1c2ccccc2-c2ccccc21. The molecule has 228 valence electrons. The van der Waals surface area contributed by atoms with E-state index in [0.717, 1.165) is 0 Å². The van der Waals surface area contributed by atoms with Crippen molar-refractivity contribution in [2.75, 3.05) is 0 Å². The average molecular weight is 668 g/mol. The van der Waals surface area contributed by atoms with Crippen LogP contribution in [0.2, 0.25) is 0 Å². The topological polar surface area (TPSA) is 0 Å². The summed E-state index contributed by atoms with van der Waals surface area (Å²) in [5.41, 5.74) is 10.6. The van der Waals surface area contributed by atoms with E-state index < -0.39 is 0 Å². The summed E-state index contributed by atoms with van der Waals surface area (Å²) in [4.78, 5) is 0. The fraction of sp³-hybridized carbons (Fsp3) is 0.318. The van der Waals surface area contributed by atoms with Crippen LogP contribution in [-0.4, -0.2) is 3.21 Å². The second-order valence-corrected chi connectivity index (χ2v) is 16.9. The van der Waals surface area contributed by atoms with E-state index in [1.54, 1.807) is 0 Å². The summed E-state index contributed by atoms with van der Waals surface area (Å²) in [6, 6.07) is 33.5. The predicted molar refractivity (Wildman–Crippen MR) is 194 cm³/mol. The van der Waals surface area contributed by atoms with Crippen LogP contribution in [0, 0.1) is 17.4 Å². The Kier molecular flexibility index (Phi) is 9.37. The number of hydrogen-bond acceptors (Lipinski definition) is 0. The normalized spacial score (nSPS) is 15.7. The summed E-state index contributed by atoms with van der Waals surface area (Å²) in [7, 11) is 0. The maximum atomic E-state index is 3.26. The molecule has 1 heteroatoms. The summed E-state index contributed by atoms with van der Waals surface area (Å²) in [5, 5.41) is 5.48. The van der Waals surface area contributed by atoms with Gasteiger partial charge in [-0.05, 0) is 10.8 Å². The number of rotatable bonds is 0. The molecule has 2 aliphatic carbocycles. The molecule has 0 aliphatic heterocycles. The molecule has 0 saturated heterocycles. The van der Waals surface area contributed by atoms with Gasteiger partial charge in [-0.2, -0.15) is 11.6 Å². The molecule has 1 unspecified atom stereocenters. The zero-order valence-electron chi connectivity index (χ0n) is 28.9. The van der Waals surface area contributed by atoms with Crippen LogP contribution in [-0.2, 0) is 35.1 Å². The van der Waals surface area contributed by atoms with Gasteiger partial charge >= 0.3 is 98.2 Å². The molecule has 0 nitrogen and oxygen atoms in total. The molecule has 2 aliphatic rings. The number of benzene rings is 4. The van der Waals surface area contributed by atoms with Gasteiger partial charge in [0.05, 0.1) is 0 Å². The first-order chi connectivity index (χ1) is 21.0. The predicted octanol–water partition coefficient (Wildman–Crippen LogP) is 12.1. The Balaban J connectivity index is 0.000000144. The van der Waals surface area contributed by atoms with Crippen molar-refractivity contribution in [1.82, 2.24) is 0 Å². The quantitative estimate of drug-likeness (QED) is 0.141. The van der Waals surface area contributed by atoms with Crippen LogP contribution >= 0.6 is 0 Å². The van der Waals surface area contributed by atoms with Crippen molar-refractivity contribution in [3.63, 3.8) is 0 Å². The molecule has 0 spiro atoms. The summed E-state index contributed by atoms with van der Waals surface area (Å²) in [6.45, 7) is 22.5. The van der Waals surface area contributed by atoms with Gasteiger partial charge < -0.3 is 0 Å². The van der Waals surface area contributed by atoms with Crippen molar-refractivity contribution in [3.05, 3.63) is 137 Å². The average Bonchev–Trinajstić information content (AvgIpc) is 3.66. The third-order valence-electron chi connectivity index (χ3n) is 8.92. The summed E-state index contributed by atoms with van der Waals surface area (Å²) in [6.07, 6.45) is 7.65. The van der Waals surface area contributed by atoms with Crippen LogP contribution in [0.3, 0.4) is 0 Å². The van der Waals surface area contributed by atoms with Gasteiger partial charge in [0.25, 0.3) is 0 Å². The Labute approximate surface area is 287 Å². The van der Waals surface area contributed by atoms with E-state index >= 15 is 0 Å². The molecule has 0 bridgehead atoms. The Bertz CT molecular complexity index is 1800. The molecular weight excluding hydrogens is 620 g/mol. The number of hydrogen-bond donors (Lipinski definition) is 0. The summed E-state index contributed by atoms with van der Waals surface area (Å²) < 4.78 is 1.49. The molecule has 1 atom stereocenters. The Morgan fingerprint density at radius 1 is 0.578 bits per heavy atom. The molecule has 0 saturated carbocycles. The van der Waals surface area contributed by atoms with Crippen molar-refractivity contribution in [2.24, 2.45) is 11.3 Å². The molecule has 5 aromatic carbocycles. The van der Waals surface area contributed by atoms with Gasteiger partial charge in [0.15, 0.2) is 0 Å². The van der Waals surface area contributed by atoms with Gasteiger partial charge in [0.2, 0.25) is 0 Å². The van der Waals surface area contributed by atoms with E-state index in [2.05, 4.69) is 178 Å². The molecule has 0 heterocycles. The molecule has 0 fully saturated rings. The molecule has 5 aromatic rings. The zero-order valence-corrected chi connectivity index (χ0v) is 31.4. The Morgan fingerprint density at radius 3 is 1.33 bits per heavy atom. The third-order valence-corrected chi connectivity index (χ3v) is 10.2. The first kappa shape index (κ1) is 33.3. The van der Waals surface area contributed by atoms with Crippen LogP contribution in [0.15, 0.2) is 109 Å². The third kappa shape index (κ3) is 7.36. The van der Waals surface area contributed by atoms with E-state index in [0.29, 0.717) is 11.3 Å². The molecule has 0 radical (unpaired) electrons. The molecule has 0 aromatic heterocycles. The summed E-state index contributed by atoms with van der Waals surface area (Å²) in [5.74, 6) is 0.522. The van der Waals surface area contributed by atoms with Crippen molar-refractivity contribution in [3.8, 4) is 11.1 Å². The molecule has 0 N–H and O–H groups in total. The fourth-order valence-corrected chi connectivity index (χ4v) is 7.10. The molecular formula is C44H48Zr. The van der Waals surface area contributed by atoms with Gasteiger partial charge in [-0.25, -0.2) is 6.08 Å². The Hall–Kier alpha value is -3.02. The standard InChI is InChI=1S/C21H25.C13H8.C10H15.Zr/c1-20(2,3)16-7-9-18-14(12-16)11-15-13-17(21(4,5)6)8-10-19(15)18;1-3-7-12-10(5-1)9-11-6-2-4-8-13(11)12;1-8-5-6-9(7-8)10(2,3)4;/h7-13H,1-6H3;1-8H;6-8H,1-4H3;/q-1;;-1;+2. The van der Waals surface area contributed by atoms with Crippen molar-refractivity contribution in [2.45, 2.75) is 80.1 Å². The molecule has 7 rings (SSSR count). The molecule has 0 amide bonds.